The maximum atomic E-state index is 6.92. The minimum Gasteiger partial charge on any atom is -0.456 e. The topological polar surface area (TPSA) is 51.8 Å². The molecule has 9 aromatic rings. The lowest BCUT2D eigenvalue weighted by atomic mass is 9.58. The molecule has 9 rings (SSSR count). The van der Waals surface area contributed by atoms with Crippen LogP contribution in [0.1, 0.15) is 0 Å². The van der Waals surface area contributed by atoms with E-state index in [0.29, 0.717) is 28.2 Å². The van der Waals surface area contributed by atoms with Gasteiger partial charge in [0.15, 0.2) is 17.5 Å². The Morgan fingerprint density at radius 3 is 1.10 bits per heavy atom. The second-order valence-electron chi connectivity index (χ2n) is 14.4. The predicted octanol–water partition coefficient (Wildman–Crippen LogP) is -1.50. The summed E-state index contributed by atoms with van der Waals surface area (Å²) < 4.78 is 6.57. The average molecular weight is 736 g/mol. The van der Waals surface area contributed by atoms with Crippen LogP contribution >= 0.6 is 0 Å². The van der Waals surface area contributed by atoms with E-state index in [1.54, 1.807) is 0 Å². The molecule has 7 aromatic carbocycles. The van der Waals surface area contributed by atoms with E-state index in [1.165, 1.54) is 0 Å². The molecular weight excluding hydrogens is 717 g/mol. The Labute approximate surface area is 362 Å². The smallest absolute Gasteiger partial charge is 0.164 e. The SMILES string of the molecule is [B]c1c([B])c([B])c(-c2c([B])c([B])c([B])c3c2oc2c([B])c([B])c([B])c(-c4nc(-c5ccc(-c6ccccc6)cc5)nc(-c5ccc(-c6ccccc6)cc5)n4)c23)c([B])c1[B]. The molecule has 0 unspecified atom stereocenters. The molecule has 0 aliphatic rings. The number of fused-ring (bicyclic) bond motifs is 3. The summed E-state index contributed by atoms with van der Waals surface area (Å²) in [6.07, 6.45) is 0. The van der Waals surface area contributed by atoms with E-state index in [1.807, 2.05) is 109 Å². The van der Waals surface area contributed by atoms with Crippen LogP contribution in [0.15, 0.2) is 114 Å². The molecule has 4 nitrogen and oxygen atoms in total. The van der Waals surface area contributed by atoms with Crippen LogP contribution in [0, 0.1) is 0 Å². The van der Waals surface area contributed by atoms with Crippen LogP contribution in [0.4, 0.5) is 0 Å². The molecule has 22 radical (unpaired) electrons. The molecule has 0 saturated heterocycles. The third kappa shape index (κ3) is 6.36. The number of furan rings is 1. The first-order chi connectivity index (χ1) is 28.8. The number of nitrogens with zero attached hydrogens (tertiary/aromatic N) is 3. The molecule has 0 bridgehead atoms. The summed E-state index contributed by atoms with van der Waals surface area (Å²) in [6.45, 7) is 0. The largest absolute Gasteiger partial charge is 0.456 e. The minimum atomic E-state index is -0.0121. The van der Waals surface area contributed by atoms with Gasteiger partial charge in [0.1, 0.15) is 97.5 Å². The first-order valence-electron chi connectivity index (χ1n) is 18.6. The molecule has 2 heterocycles. The summed E-state index contributed by atoms with van der Waals surface area (Å²) in [5, 5.41) is 0.561. The number of benzene rings is 7. The fourth-order valence-electron chi connectivity index (χ4n) is 7.60. The zero-order valence-corrected chi connectivity index (χ0v) is 32.0. The lowest BCUT2D eigenvalue weighted by molar-refractivity contribution is 0.673. The van der Waals surface area contributed by atoms with Crippen molar-refractivity contribution in [3.8, 4) is 67.5 Å². The van der Waals surface area contributed by atoms with Gasteiger partial charge in [0.05, 0.1) is 0 Å². The van der Waals surface area contributed by atoms with E-state index >= 15 is 0 Å². The minimum absolute atomic E-state index is 0.00707. The lowest BCUT2D eigenvalue weighted by Crippen LogP contribution is -2.56. The van der Waals surface area contributed by atoms with Crippen molar-refractivity contribution < 1.29 is 4.42 Å². The van der Waals surface area contributed by atoms with Crippen molar-refractivity contribution in [3.63, 3.8) is 0 Å². The Hall–Kier alpha value is -5.94. The van der Waals surface area contributed by atoms with Crippen molar-refractivity contribution in [2.24, 2.45) is 0 Å². The highest BCUT2D eigenvalue weighted by molar-refractivity contribution is 6.71. The third-order valence-electron chi connectivity index (χ3n) is 10.9. The summed E-state index contributed by atoms with van der Waals surface area (Å²) >= 11 is 0. The van der Waals surface area contributed by atoms with E-state index in [4.69, 9.17) is 106 Å². The van der Waals surface area contributed by atoms with Crippen LogP contribution in [0.25, 0.3) is 89.5 Å². The summed E-state index contributed by atoms with van der Waals surface area (Å²) in [6, 6.07) is 35.9. The maximum Gasteiger partial charge on any atom is 0.164 e. The van der Waals surface area contributed by atoms with Gasteiger partial charge < -0.3 is 4.42 Å². The molecule has 0 fully saturated rings. The fraction of sp³-hybridized carbons (Fsp3) is 0. The predicted molar refractivity (Wildman–Crippen MR) is 259 cm³/mol. The second kappa shape index (κ2) is 15.3. The first kappa shape index (κ1) is 39.5. The van der Waals surface area contributed by atoms with Crippen LogP contribution in [0.3, 0.4) is 0 Å². The molecule has 0 saturated carbocycles. The van der Waals surface area contributed by atoms with Gasteiger partial charge in [-0.05, 0) is 27.8 Å². The van der Waals surface area contributed by atoms with E-state index in [-0.39, 0.29) is 99.2 Å². The summed E-state index contributed by atoms with van der Waals surface area (Å²) in [5.74, 6) is 0.842. The van der Waals surface area contributed by atoms with Crippen LogP contribution in [-0.2, 0) is 0 Å². The van der Waals surface area contributed by atoms with Gasteiger partial charge in [0.2, 0.25) is 0 Å². The highest BCUT2D eigenvalue weighted by Gasteiger charge is 2.27. The van der Waals surface area contributed by atoms with Gasteiger partial charge in [-0.1, -0.05) is 142 Å². The monoisotopic (exact) mass is 737 g/mol. The molecule has 0 aliphatic carbocycles. The van der Waals surface area contributed by atoms with Gasteiger partial charge in [-0.3, -0.25) is 0 Å². The third-order valence-corrected chi connectivity index (χ3v) is 10.9. The van der Waals surface area contributed by atoms with E-state index in [9.17, 15) is 0 Å². The van der Waals surface area contributed by atoms with Gasteiger partial charge in [0, 0.05) is 33.0 Å². The Balaban J connectivity index is 1.34. The molecule has 0 atom stereocenters. The van der Waals surface area contributed by atoms with Crippen molar-refractivity contribution in [2.45, 2.75) is 0 Å². The first-order valence-corrected chi connectivity index (χ1v) is 18.6. The van der Waals surface area contributed by atoms with Gasteiger partial charge in [-0.25, -0.2) is 15.0 Å². The van der Waals surface area contributed by atoms with Crippen LogP contribution in [-0.4, -0.2) is 101 Å². The van der Waals surface area contributed by atoms with Crippen LogP contribution < -0.4 is 60.1 Å². The van der Waals surface area contributed by atoms with Crippen molar-refractivity contribution in [1.29, 1.82) is 0 Å². The normalized spacial score (nSPS) is 11.4. The average Bonchev–Trinajstić information content (AvgIpc) is 3.68. The summed E-state index contributed by atoms with van der Waals surface area (Å²) in [7, 11) is 72.3. The molecule has 0 N–H and O–H groups in total. The molecule has 252 valence electrons. The number of aromatic nitrogens is 3. The molecular formula is C45H18B11N3O. The number of rotatable bonds is 6. The number of hydrogen-bond donors (Lipinski definition) is 0. The summed E-state index contributed by atoms with van der Waals surface area (Å²) in [4.78, 5) is 15.0. The molecule has 15 heteroatoms. The van der Waals surface area contributed by atoms with Crippen molar-refractivity contribution >= 4 is 168 Å². The molecule has 0 spiro atoms. The highest BCUT2D eigenvalue weighted by Crippen LogP contribution is 2.37. The molecule has 2 aromatic heterocycles. The lowest BCUT2D eigenvalue weighted by Gasteiger charge is -2.24. The van der Waals surface area contributed by atoms with Gasteiger partial charge >= 0.3 is 0 Å². The highest BCUT2D eigenvalue weighted by atomic mass is 16.3. The van der Waals surface area contributed by atoms with E-state index in [2.05, 4.69) is 0 Å². The second-order valence-corrected chi connectivity index (χ2v) is 14.4. The Kier molecular flexibility index (Phi) is 10.1. The standard InChI is InChI=1S/C45H18B11N3O/c46-30-26(31(47)37(53)39(55)36(30)52)28-33(49)35(51)32(48)27-25-29(34(50)38(54)40(56)42(25)60-41(27)28)45-58-43(23-15-11-21(12-16-23)19-7-3-1-4-8-19)57-44(59-45)24-17-13-22(14-18-24)20-9-5-2-6-10-20/h1-18H. The Morgan fingerprint density at radius 2 is 0.617 bits per heavy atom. The van der Waals surface area contributed by atoms with E-state index < -0.39 is 0 Å². The van der Waals surface area contributed by atoms with Gasteiger partial charge in [-0.15, -0.1) is 27.3 Å². The summed E-state index contributed by atoms with van der Waals surface area (Å²) in [5.41, 5.74) is 6.38. The molecule has 0 amide bonds. The van der Waals surface area contributed by atoms with Gasteiger partial charge in [0.25, 0.3) is 0 Å². The molecule has 60 heavy (non-hydrogen) atoms. The van der Waals surface area contributed by atoms with Crippen LogP contribution in [0.2, 0.25) is 0 Å². The quantitative estimate of drug-likeness (QED) is 0.196. The van der Waals surface area contributed by atoms with Crippen molar-refractivity contribution in [1.82, 2.24) is 15.0 Å². The number of hydrogen-bond acceptors (Lipinski definition) is 4. The van der Waals surface area contributed by atoms with E-state index in [0.717, 1.165) is 22.3 Å². The Bertz CT molecular complexity index is 3060. The van der Waals surface area contributed by atoms with Crippen molar-refractivity contribution in [2.75, 3.05) is 0 Å². The fourth-order valence-corrected chi connectivity index (χ4v) is 7.60. The Morgan fingerprint density at radius 1 is 0.267 bits per heavy atom. The zero-order chi connectivity index (χ0) is 42.1. The maximum absolute atomic E-state index is 6.92. The molecule has 0 aliphatic heterocycles. The van der Waals surface area contributed by atoms with Crippen LogP contribution in [0.5, 0.6) is 0 Å². The van der Waals surface area contributed by atoms with Gasteiger partial charge in [-0.2, -0.15) is 0 Å². The zero-order valence-electron chi connectivity index (χ0n) is 32.0. The van der Waals surface area contributed by atoms with Crippen molar-refractivity contribution in [3.05, 3.63) is 109 Å².